The normalized spacial score (nSPS) is 26.5. The minimum Gasteiger partial charge on any atom is -0.381 e. The summed E-state index contributed by atoms with van der Waals surface area (Å²) in [6.07, 6.45) is 5.97. The molecule has 0 aliphatic carbocycles. The van der Waals surface area contributed by atoms with Crippen molar-refractivity contribution in [3.8, 4) is 0 Å². The second-order valence-corrected chi connectivity index (χ2v) is 5.28. The lowest BCUT2D eigenvalue weighted by Gasteiger charge is -2.39. The van der Waals surface area contributed by atoms with Gasteiger partial charge in [0.15, 0.2) is 0 Å². The molecule has 2 aliphatic rings. The maximum absolute atomic E-state index is 5.85. The van der Waals surface area contributed by atoms with Crippen molar-refractivity contribution < 1.29 is 9.47 Å². The van der Waals surface area contributed by atoms with Crippen molar-refractivity contribution in [3.05, 3.63) is 23.8 Å². The fourth-order valence-corrected chi connectivity index (χ4v) is 2.80. The summed E-state index contributed by atoms with van der Waals surface area (Å²) in [4.78, 5) is 11.3. The summed E-state index contributed by atoms with van der Waals surface area (Å²) >= 11 is 0. The highest BCUT2D eigenvalue weighted by Crippen LogP contribution is 2.24. The maximum Gasteiger partial charge on any atom is 0.114 e. The quantitative estimate of drug-likeness (QED) is 0.806. The van der Waals surface area contributed by atoms with Crippen LogP contribution in [0.5, 0.6) is 0 Å². The fourth-order valence-electron chi connectivity index (χ4n) is 2.80. The molecule has 2 saturated heterocycles. The molecule has 0 bridgehead atoms. The zero-order valence-electron chi connectivity index (χ0n) is 11.4. The van der Waals surface area contributed by atoms with Crippen molar-refractivity contribution in [1.82, 2.24) is 14.9 Å². The number of rotatable bonds is 2. The van der Waals surface area contributed by atoms with Gasteiger partial charge in [-0.15, -0.1) is 0 Å². The standard InChI is InChI=1S/C14H21N3O2/c1-11-8-16-13(9-15-11)14-10-17(4-7-19-14)12-2-5-18-6-3-12/h8-9,12,14H,2-7,10H2,1H3. The Morgan fingerprint density at radius 3 is 2.74 bits per heavy atom. The van der Waals surface area contributed by atoms with Crippen LogP contribution in [-0.2, 0) is 9.47 Å². The van der Waals surface area contributed by atoms with E-state index in [0.717, 1.165) is 57.1 Å². The fraction of sp³-hybridized carbons (Fsp3) is 0.714. The highest BCUT2D eigenvalue weighted by atomic mass is 16.5. The molecular formula is C14H21N3O2. The first-order valence-corrected chi connectivity index (χ1v) is 7.05. The summed E-state index contributed by atoms with van der Waals surface area (Å²) in [7, 11) is 0. The van der Waals surface area contributed by atoms with Crippen LogP contribution in [-0.4, -0.2) is 53.8 Å². The SMILES string of the molecule is Cc1cnc(C2CN(C3CCOCC3)CCO2)cn1. The van der Waals surface area contributed by atoms with Gasteiger partial charge in [-0.3, -0.25) is 14.9 Å². The van der Waals surface area contributed by atoms with Gasteiger partial charge >= 0.3 is 0 Å². The van der Waals surface area contributed by atoms with Gasteiger partial charge in [0, 0.05) is 38.5 Å². The third-order valence-electron chi connectivity index (χ3n) is 3.94. The Labute approximate surface area is 113 Å². The summed E-state index contributed by atoms with van der Waals surface area (Å²) in [6.45, 7) is 6.43. The van der Waals surface area contributed by atoms with Crippen molar-refractivity contribution in [2.45, 2.75) is 31.9 Å². The van der Waals surface area contributed by atoms with E-state index in [0.29, 0.717) is 6.04 Å². The number of hydrogen-bond acceptors (Lipinski definition) is 5. The van der Waals surface area contributed by atoms with Crippen LogP contribution >= 0.6 is 0 Å². The average Bonchev–Trinajstić information content (AvgIpc) is 2.49. The number of hydrogen-bond donors (Lipinski definition) is 0. The molecule has 1 unspecified atom stereocenters. The second-order valence-electron chi connectivity index (χ2n) is 5.28. The molecule has 2 aliphatic heterocycles. The molecule has 5 heteroatoms. The third-order valence-corrected chi connectivity index (χ3v) is 3.94. The Hall–Kier alpha value is -1.04. The van der Waals surface area contributed by atoms with E-state index in [2.05, 4.69) is 14.9 Å². The molecule has 104 valence electrons. The molecule has 0 saturated carbocycles. The van der Waals surface area contributed by atoms with E-state index in [1.54, 1.807) is 0 Å². The minimum atomic E-state index is 0.0599. The average molecular weight is 263 g/mol. The number of ether oxygens (including phenoxy) is 2. The Morgan fingerprint density at radius 2 is 2.00 bits per heavy atom. The van der Waals surface area contributed by atoms with E-state index in [9.17, 15) is 0 Å². The number of aryl methyl sites for hydroxylation is 1. The monoisotopic (exact) mass is 263 g/mol. The van der Waals surface area contributed by atoms with Gasteiger partial charge in [-0.25, -0.2) is 0 Å². The molecular weight excluding hydrogens is 242 g/mol. The zero-order chi connectivity index (χ0) is 13.1. The van der Waals surface area contributed by atoms with Crippen molar-refractivity contribution in [2.75, 3.05) is 32.9 Å². The zero-order valence-corrected chi connectivity index (χ0v) is 11.4. The van der Waals surface area contributed by atoms with Gasteiger partial charge in [0.25, 0.3) is 0 Å². The Bertz CT molecular complexity index is 404. The predicted octanol–water partition coefficient (Wildman–Crippen LogP) is 1.34. The Kier molecular flexibility index (Phi) is 4.06. The van der Waals surface area contributed by atoms with Crippen LogP contribution in [0.25, 0.3) is 0 Å². The van der Waals surface area contributed by atoms with E-state index < -0.39 is 0 Å². The molecule has 1 atom stereocenters. The molecule has 5 nitrogen and oxygen atoms in total. The summed E-state index contributed by atoms with van der Waals surface area (Å²) in [5.74, 6) is 0. The van der Waals surface area contributed by atoms with Crippen LogP contribution in [0.2, 0.25) is 0 Å². The van der Waals surface area contributed by atoms with Gasteiger partial charge in [-0.1, -0.05) is 0 Å². The van der Waals surface area contributed by atoms with Crippen molar-refractivity contribution in [1.29, 1.82) is 0 Å². The van der Waals surface area contributed by atoms with Crippen LogP contribution in [0.4, 0.5) is 0 Å². The molecule has 0 aromatic carbocycles. The first-order chi connectivity index (χ1) is 9.33. The smallest absolute Gasteiger partial charge is 0.114 e. The highest BCUT2D eigenvalue weighted by Gasteiger charge is 2.29. The first-order valence-electron chi connectivity index (χ1n) is 7.05. The van der Waals surface area contributed by atoms with Crippen LogP contribution in [0.15, 0.2) is 12.4 Å². The molecule has 2 fully saturated rings. The lowest BCUT2D eigenvalue weighted by molar-refractivity contribution is -0.0648. The Balaban J connectivity index is 1.65. The van der Waals surface area contributed by atoms with Crippen LogP contribution < -0.4 is 0 Å². The predicted molar refractivity (Wildman–Crippen MR) is 70.9 cm³/mol. The summed E-state index contributed by atoms with van der Waals surface area (Å²) < 4.78 is 11.3. The molecule has 19 heavy (non-hydrogen) atoms. The van der Waals surface area contributed by atoms with Crippen molar-refractivity contribution in [3.63, 3.8) is 0 Å². The molecule has 3 rings (SSSR count). The maximum atomic E-state index is 5.85. The number of nitrogens with zero attached hydrogens (tertiary/aromatic N) is 3. The van der Waals surface area contributed by atoms with Gasteiger partial charge in [0.2, 0.25) is 0 Å². The van der Waals surface area contributed by atoms with Gasteiger partial charge < -0.3 is 9.47 Å². The van der Waals surface area contributed by atoms with Crippen molar-refractivity contribution >= 4 is 0 Å². The molecule has 3 heterocycles. The summed E-state index contributed by atoms with van der Waals surface area (Å²) in [5, 5.41) is 0. The minimum absolute atomic E-state index is 0.0599. The highest BCUT2D eigenvalue weighted by molar-refractivity contribution is 5.05. The number of morpholine rings is 1. The summed E-state index contributed by atoms with van der Waals surface area (Å²) in [6, 6.07) is 0.638. The van der Waals surface area contributed by atoms with E-state index >= 15 is 0 Å². The van der Waals surface area contributed by atoms with Crippen molar-refractivity contribution in [2.24, 2.45) is 0 Å². The molecule has 0 radical (unpaired) electrons. The third kappa shape index (κ3) is 3.11. The van der Waals surface area contributed by atoms with Crippen LogP contribution in [0.3, 0.4) is 0 Å². The van der Waals surface area contributed by atoms with E-state index in [-0.39, 0.29) is 6.10 Å². The van der Waals surface area contributed by atoms with Gasteiger partial charge in [0.1, 0.15) is 6.10 Å². The van der Waals surface area contributed by atoms with Crippen LogP contribution in [0.1, 0.15) is 30.3 Å². The lowest BCUT2D eigenvalue weighted by atomic mass is 10.1. The number of aromatic nitrogens is 2. The molecule has 1 aromatic rings. The lowest BCUT2D eigenvalue weighted by Crippen LogP contribution is -2.47. The van der Waals surface area contributed by atoms with Gasteiger partial charge in [0.05, 0.1) is 24.2 Å². The second kappa shape index (κ2) is 5.94. The van der Waals surface area contributed by atoms with Gasteiger partial charge in [-0.05, 0) is 19.8 Å². The first kappa shape index (κ1) is 13.0. The van der Waals surface area contributed by atoms with Crippen LogP contribution in [0, 0.1) is 6.92 Å². The summed E-state index contributed by atoms with van der Waals surface area (Å²) in [5.41, 5.74) is 1.89. The molecule has 0 N–H and O–H groups in total. The molecule has 1 aromatic heterocycles. The molecule has 0 spiro atoms. The topological polar surface area (TPSA) is 47.5 Å². The Morgan fingerprint density at radius 1 is 1.16 bits per heavy atom. The molecule has 0 amide bonds. The van der Waals surface area contributed by atoms with E-state index in [1.165, 1.54) is 0 Å². The van der Waals surface area contributed by atoms with E-state index in [1.807, 2.05) is 19.3 Å². The largest absolute Gasteiger partial charge is 0.381 e. The van der Waals surface area contributed by atoms with E-state index in [4.69, 9.17) is 9.47 Å². The van der Waals surface area contributed by atoms with Gasteiger partial charge in [-0.2, -0.15) is 0 Å².